The van der Waals surface area contributed by atoms with Crippen molar-refractivity contribution in [2.75, 3.05) is 5.32 Å². The van der Waals surface area contributed by atoms with Gasteiger partial charge in [0.2, 0.25) is 0 Å². The number of carbonyl (C=O) groups is 2. The molecule has 1 aromatic heterocycles. The maximum Gasteiger partial charge on any atom is 0.267 e. The number of thiazole rings is 1. The number of aromatic nitrogens is 1. The predicted molar refractivity (Wildman–Crippen MR) is 119 cm³/mol. The molecule has 1 aromatic carbocycles. The van der Waals surface area contributed by atoms with Crippen molar-refractivity contribution in [2.24, 2.45) is 0 Å². The topological polar surface area (TPSA) is 71.1 Å². The summed E-state index contributed by atoms with van der Waals surface area (Å²) in [4.78, 5) is 30.5. The molecular formula is C23H31N3O2S. The molecule has 1 fully saturated rings. The van der Waals surface area contributed by atoms with E-state index >= 15 is 0 Å². The number of anilines is 1. The second-order valence-corrected chi connectivity index (χ2v) is 9.00. The molecule has 2 aromatic rings. The molecule has 2 N–H and O–H groups in total. The van der Waals surface area contributed by atoms with Crippen LogP contribution in [0, 0.1) is 13.8 Å². The van der Waals surface area contributed by atoms with E-state index in [1.165, 1.54) is 30.6 Å². The highest BCUT2D eigenvalue weighted by Gasteiger charge is 2.19. The maximum atomic E-state index is 12.7. The molecule has 5 nitrogen and oxygen atoms in total. The second-order valence-electron chi connectivity index (χ2n) is 7.92. The summed E-state index contributed by atoms with van der Waals surface area (Å²) in [5, 5.41) is 7.14. The molecule has 0 saturated heterocycles. The Morgan fingerprint density at radius 2 is 1.90 bits per heavy atom. The lowest BCUT2D eigenvalue weighted by molar-refractivity contribution is 0.0927. The van der Waals surface area contributed by atoms with Gasteiger partial charge >= 0.3 is 0 Å². The summed E-state index contributed by atoms with van der Waals surface area (Å²) in [5.41, 5.74) is 3.02. The molecule has 1 saturated carbocycles. The first-order valence-electron chi connectivity index (χ1n) is 10.7. The quantitative estimate of drug-likeness (QED) is 0.637. The van der Waals surface area contributed by atoms with Crippen LogP contribution >= 0.6 is 11.3 Å². The predicted octanol–water partition coefficient (Wildman–Crippen LogP) is 5.42. The fourth-order valence-electron chi connectivity index (χ4n) is 3.74. The summed E-state index contributed by atoms with van der Waals surface area (Å²) in [6.07, 6.45) is 8.87. The highest BCUT2D eigenvalue weighted by molar-refractivity contribution is 7.13. The van der Waals surface area contributed by atoms with Crippen LogP contribution in [-0.2, 0) is 6.42 Å². The Kier molecular flexibility index (Phi) is 7.42. The largest absolute Gasteiger partial charge is 0.349 e. The van der Waals surface area contributed by atoms with Crippen molar-refractivity contribution in [3.63, 3.8) is 0 Å². The molecule has 6 heteroatoms. The van der Waals surface area contributed by atoms with Gasteiger partial charge in [0, 0.05) is 17.3 Å². The van der Waals surface area contributed by atoms with Gasteiger partial charge in [-0.2, -0.15) is 0 Å². The first kappa shape index (κ1) is 21.5. The van der Waals surface area contributed by atoms with Crippen LogP contribution in [0.4, 0.5) is 5.69 Å². The zero-order valence-corrected chi connectivity index (χ0v) is 18.5. The fraction of sp³-hybridized carbons (Fsp3) is 0.522. The lowest BCUT2D eigenvalue weighted by Crippen LogP contribution is -2.36. The second kappa shape index (κ2) is 10.0. The van der Waals surface area contributed by atoms with Gasteiger partial charge in [0.05, 0.1) is 10.7 Å². The Morgan fingerprint density at radius 3 is 2.59 bits per heavy atom. The van der Waals surface area contributed by atoms with Crippen LogP contribution < -0.4 is 10.6 Å². The number of unbranched alkanes of at least 4 members (excludes halogenated alkanes) is 1. The van der Waals surface area contributed by atoms with Crippen LogP contribution in [0.15, 0.2) is 18.2 Å². The van der Waals surface area contributed by atoms with E-state index < -0.39 is 0 Å². The van der Waals surface area contributed by atoms with E-state index in [-0.39, 0.29) is 17.9 Å². The molecule has 0 spiro atoms. The molecule has 0 aliphatic heterocycles. The normalized spacial score (nSPS) is 14.6. The third kappa shape index (κ3) is 5.66. The molecule has 0 unspecified atom stereocenters. The smallest absolute Gasteiger partial charge is 0.267 e. The number of rotatable bonds is 7. The van der Waals surface area contributed by atoms with Gasteiger partial charge < -0.3 is 10.6 Å². The molecule has 156 valence electrons. The Bertz CT molecular complexity index is 869. The van der Waals surface area contributed by atoms with Crippen molar-refractivity contribution in [1.82, 2.24) is 10.3 Å². The molecule has 0 bridgehead atoms. The van der Waals surface area contributed by atoms with Gasteiger partial charge in [-0.15, -0.1) is 11.3 Å². The number of amides is 2. The van der Waals surface area contributed by atoms with Gasteiger partial charge in [-0.05, 0) is 63.3 Å². The number of benzene rings is 1. The number of nitrogens with zero attached hydrogens (tertiary/aromatic N) is 1. The Morgan fingerprint density at radius 1 is 1.14 bits per heavy atom. The zero-order valence-electron chi connectivity index (χ0n) is 17.6. The maximum absolute atomic E-state index is 12.7. The number of hydrogen-bond acceptors (Lipinski definition) is 4. The molecule has 0 atom stereocenters. The van der Waals surface area contributed by atoms with E-state index in [0.717, 1.165) is 54.1 Å². The van der Waals surface area contributed by atoms with Gasteiger partial charge in [-0.25, -0.2) is 4.98 Å². The highest BCUT2D eigenvalue weighted by Crippen LogP contribution is 2.24. The molecular weight excluding hydrogens is 382 g/mol. The number of aryl methyl sites for hydroxylation is 3. The Labute approximate surface area is 177 Å². The van der Waals surface area contributed by atoms with Crippen LogP contribution in [0.3, 0.4) is 0 Å². The summed E-state index contributed by atoms with van der Waals surface area (Å²) in [5.74, 6) is -0.165. The van der Waals surface area contributed by atoms with Gasteiger partial charge in [0.25, 0.3) is 11.8 Å². The van der Waals surface area contributed by atoms with Crippen LogP contribution in [0.5, 0.6) is 0 Å². The van der Waals surface area contributed by atoms with Crippen molar-refractivity contribution in [3.05, 3.63) is 44.9 Å². The SMILES string of the molecule is CCCCc1nc(C)c(C(=O)Nc2ccc(C(=O)NC3CCCCC3)cc2C)s1. The Balaban J connectivity index is 1.65. The van der Waals surface area contributed by atoms with Crippen LogP contribution in [0.1, 0.15) is 88.2 Å². The lowest BCUT2D eigenvalue weighted by Gasteiger charge is -2.23. The average molecular weight is 414 g/mol. The van der Waals surface area contributed by atoms with Crippen molar-refractivity contribution in [1.29, 1.82) is 0 Å². The first-order chi connectivity index (χ1) is 14.0. The van der Waals surface area contributed by atoms with Gasteiger partial charge in [0.15, 0.2) is 0 Å². The minimum atomic E-state index is -0.134. The third-order valence-electron chi connectivity index (χ3n) is 5.47. The molecule has 2 amide bonds. The average Bonchev–Trinajstić information content (AvgIpc) is 3.09. The monoisotopic (exact) mass is 413 g/mol. The zero-order chi connectivity index (χ0) is 20.8. The van der Waals surface area contributed by atoms with E-state index in [4.69, 9.17) is 0 Å². The molecule has 1 heterocycles. The summed E-state index contributed by atoms with van der Waals surface area (Å²) < 4.78 is 0. The van der Waals surface area contributed by atoms with Crippen LogP contribution in [0.2, 0.25) is 0 Å². The van der Waals surface area contributed by atoms with Crippen LogP contribution in [0.25, 0.3) is 0 Å². The molecule has 0 radical (unpaired) electrons. The molecule has 29 heavy (non-hydrogen) atoms. The minimum Gasteiger partial charge on any atom is -0.349 e. The number of carbonyl (C=O) groups excluding carboxylic acids is 2. The summed E-state index contributed by atoms with van der Waals surface area (Å²) >= 11 is 1.47. The van der Waals surface area contributed by atoms with Crippen molar-refractivity contribution in [2.45, 2.75) is 78.2 Å². The number of hydrogen-bond donors (Lipinski definition) is 2. The molecule has 1 aliphatic rings. The highest BCUT2D eigenvalue weighted by atomic mass is 32.1. The summed E-state index contributed by atoms with van der Waals surface area (Å²) in [6.45, 7) is 5.95. The van der Waals surface area contributed by atoms with Crippen LogP contribution in [-0.4, -0.2) is 22.8 Å². The van der Waals surface area contributed by atoms with Crippen molar-refractivity contribution in [3.8, 4) is 0 Å². The Hall–Kier alpha value is -2.21. The van der Waals surface area contributed by atoms with E-state index in [2.05, 4.69) is 22.5 Å². The summed E-state index contributed by atoms with van der Waals surface area (Å²) in [7, 11) is 0. The fourth-order valence-corrected chi connectivity index (χ4v) is 4.74. The molecule has 3 rings (SSSR count). The van der Waals surface area contributed by atoms with E-state index in [9.17, 15) is 9.59 Å². The van der Waals surface area contributed by atoms with E-state index in [1.807, 2.05) is 26.0 Å². The number of nitrogens with one attached hydrogen (secondary N) is 2. The lowest BCUT2D eigenvalue weighted by atomic mass is 9.95. The van der Waals surface area contributed by atoms with Gasteiger partial charge in [-0.3, -0.25) is 9.59 Å². The standard InChI is InChI=1S/C23H31N3O2S/c1-4-5-11-20-24-16(3)21(29-20)23(28)26-19-13-12-17(14-15(19)2)22(27)25-18-9-7-6-8-10-18/h12-14,18H,4-11H2,1-3H3,(H,25,27)(H,26,28). The van der Waals surface area contributed by atoms with Crippen molar-refractivity contribution >= 4 is 28.8 Å². The summed E-state index contributed by atoms with van der Waals surface area (Å²) in [6, 6.07) is 5.73. The van der Waals surface area contributed by atoms with E-state index in [0.29, 0.717) is 10.4 Å². The first-order valence-corrected chi connectivity index (χ1v) is 11.5. The minimum absolute atomic E-state index is 0.0308. The third-order valence-corrected chi connectivity index (χ3v) is 6.68. The van der Waals surface area contributed by atoms with Gasteiger partial charge in [-0.1, -0.05) is 32.6 Å². The molecule has 1 aliphatic carbocycles. The van der Waals surface area contributed by atoms with Crippen molar-refractivity contribution < 1.29 is 9.59 Å². The van der Waals surface area contributed by atoms with Gasteiger partial charge in [0.1, 0.15) is 4.88 Å². The van der Waals surface area contributed by atoms with E-state index in [1.54, 1.807) is 6.07 Å².